The zero-order valence-electron chi connectivity index (χ0n) is 17.1. The summed E-state index contributed by atoms with van der Waals surface area (Å²) in [4.78, 5) is 12.6. The van der Waals surface area contributed by atoms with Gasteiger partial charge in [-0.1, -0.05) is 55.2 Å². The lowest BCUT2D eigenvalue weighted by atomic mass is 9.87. The summed E-state index contributed by atoms with van der Waals surface area (Å²) in [5.74, 6) is 0.718. The number of hydrogen-bond acceptors (Lipinski definition) is 3. The van der Waals surface area contributed by atoms with Crippen molar-refractivity contribution < 1.29 is 9.53 Å². The zero-order valence-corrected chi connectivity index (χ0v) is 19.4. The molecular formula is C22H26Cl2N2O2S. The minimum absolute atomic E-state index is 0.167. The highest BCUT2D eigenvalue weighted by Crippen LogP contribution is 2.29. The van der Waals surface area contributed by atoms with Crippen LogP contribution in [0.15, 0.2) is 36.4 Å². The first kappa shape index (κ1) is 23.5. The molecule has 156 valence electrons. The van der Waals surface area contributed by atoms with E-state index in [0.717, 1.165) is 23.3 Å². The highest BCUT2D eigenvalue weighted by molar-refractivity contribution is 7.80. The van der Waals surface area contributed by atoms with Gasteiger partial charge in [0.1, 0.15) is 5.75 Å². The maximum Gasteiger partial charge on any atom is 0.231 e. The second-order valence-electron chi connectivity index (χ2n) is 7.61. The average Bonchev–Trinajstić information content (AvgIpc) is 2.65. The molecule has 0 bridgehead atoms. The topological polar surface area (TPSA) is 50.4 Å². The third-order valence-corrected chi connectivity index (χ3v) is 5.61. The van der Waals surface area contributed by atoms with Crippen LogP contribution in [0.2, 0.25) is 10.0 Å². The Balaban J connectivity index is 1.83. The van der Waals surface area contributed by atoms with Gasteiger partial charge in [0.2, 0.25) is 5.91 Å². The maximum atomic E-state index is 12.6. The van der Waals surface area contributed by atoms with Gasteiger partial charge in [-0.2, -0.15) is 0 Å². The van der Waals surface area contributed by atoms with Crippen molar-refractivity contribution in [3.05, 3.63) is 57.6 Å². The van der Waals surface area contributed by atoms with Crippen LogP contribution in [-0.4, -0.2) is 17.6 Å². The van der Waals surface area contributed by atoms with Gasteiger partial charge in [0.05, 0.1) is 22.3 Å². The lowest BCUT2D eigenvalue weighted by Crippen LogP contribution is -2.42. The minimum Gasteiger partial charge on any atom is -0.493 e. The number of ether oxygens (including phenoxy) is 1. The number of carbonyl (C=O) groups is 1. The largest absolute Gasteiger partial charge is 0.493 e. The Kier molecular flexibility index (Phi) is 8.32. The molecule has 0 aliphatic carbocycles. The predicted octanol–water partition coefficient (Wildman–Crippen LogP) is 6.31. The molecule has 0 saturated carbocycles. The SMILES string of the molecule is Cc1ccc(C)c(OCCCC(C)(C)C(=O)NC(=S)Nc2cccc(Cl)c2Cl)c1. The van der Waals surface area contributed by atoms with Crippen LogP contribution in [0.25, 0.3) is 0 Å². The van der Waals surface area contributed by atoms with Crippen LogP contribution in [0, 0.1) is 19.3 Å². The summed E-state index contributed by atoms with van der Waals surface area (Å²) < 4.78 is 5.88. The summed E-state index contributed by atoms with van der Waals surface area (Å²) in [7, 11) is 0. The monoisotopic (exact) mass is 452 g/mol. The summed E-state index contributed by atoms with van der Waals surface area (Å²) in [6.45, 7) is 8.37. The van der Waals surface area contributed by atoms with Crippen LogP contribution >= 0.6 is 35.4 Å². The molecule has 0 unspecified atom stereocenters. The van der Waals surface area contributed by atoms with Crippen LogP contribution in [0.4, 0.5) is 5.69 Å². The van der Waals surface area contributed by atoms with Crippen LogP contribution in [-0.2, 0) is 4.79 Å². The first-order chi connectivity index (χ1) is 13.6. The molecule has 29 heavy (non-hydrogen) atoms. The molecule has 0 spiro atoms. The molecule has 2 aromatic carbocycles. The van der Waals surface area contributed by atoms with E-state index in [4.69, 9.17) is 40.2 Å². The lowest BCUT2D eigenvalue weighted by molar-refractivity contribution is -0.128. The molecule has 0 fully saturated rings. The molecular weight excluding hydrogens is 427 g/mol. The van der Waals surface area contributed by atoms with Crippen molar-refractivity contribution in [1.82, 2.24) is 5.32 Å². The molecule has 7 heteroatoms. The van der Waals surface area contributed by atoms with Crippen molar-refractivity contribution in [1.29, 1.82) is 0 Å². The summed E-state index contributed by atoms with van der Waals surface area (Å²) in [6.07, 6.45) is 1.40. The summed E-state index contributed by atoms with van der Waals surface area (Å²) in [5, 5.41) is 6.59. The van der Waals surface area contributed by atoms with E-state index >= 15 is 0 Å². The van der Waals surface area contributed by atoms with Gasteiger partial charge < -0.3 is 15.4 Å². The van der Waals surface area contributed by atoms with Crippen LogP contribution in [0.5, 0.6) is 5.75 Å². The number of halogens is 2. The van der Waals surface area contributed by atoms with Crippen molar-refractivity contribution in [2.45, 2.75) is 40.5 Å². The average molecular weight is 453 g/mol. The number of amides is 1. The first-order valence-electron chi connectivity index (χ1n) is 9.36. The second-order valence-corrected chi connectivity index (χ2v) is 8.81. The van der Waals surface area contributed by atoms with E-state index in [9.17, 15) is 4.79 Å². The zero-order chi connectivity index (χ0) is 21.6. The molecule has 0 aliphatic heterocycles. The van der Waals surface area contributed by atoms with Crippen molar-refractivity contribution in [2.24, 2.45) is 5.41 Å². The molecule has 1 amide bonds. The van der Waals surface area contributed by atoms with Crippen molar-refractivity contribution in [2.75, 3.05) is 11.9 Å². The number of thiocarbonyl (C=S) groups is 1. The highest BCUT2D eigenvalue weighted by atomic mass is 35.5. The fraction of sp³-hybridized carbons (Fsp3) is 0.364. The van der Waals surface area contributed by atoms with Crippen LogP contribution < -0.4 is 15.4 Å². The van der Waals surface area contributed by atoms with Crippen molar-refractivity contribution in [3.63, 3.8) is 0 Å². The predicted molar refractivity (Wildman–Crippen MR) is 125 cm³/mol. The molecule has 0 radical (unpaired) electrons. The first-order valence-corrected chi connectivity index (χ1v) is 10.5. The van der Waals surface area contributed by atoms with Gasteiger partial charge in [-0.3, -0.25) is 4.79 Å². The van der Waals surface area contributed by atoms with E-state index < -0.39 is 5.41 Å². The molecule has 0 heterocycles. The van der Waals surface area contributed by atoms with Gasteiger partial charge >= 0.3 is 0 Å². The van der Waals surface area contributed by atoms with Crippen LogP contribution in [0.1, 0.15) is 37.8 Å². The fourth-order valence-electron chi connectivity index (χ4n) is 2.70. The van der Waals surface area contributed by atoms with E-state index in [-0.39, 0.29) is 11.0 Å². The van der Waals surface area contributed by atoms with E-state index in [1.807, 2.05) is 39.8 Å². The minimum atomic E-state index is -0.602. The Morgan fingerprint density at radius 1 is 1.17 bits per heavy atom. The van der Waals surface area contributed by atoms with Crippen molar-refractivity contribution >= 4 is 52.1 Å². The Labute approximate surface area is 187 Å². The third-order valence-electron chi connectivity index (χ3n) is 4.59. The van der Waals surface area contributed by atoms with Gasteiger partial charge in [-0.15, -0.1) is 0 Å². The van der Waals surface area contributed by atoms with E-state index in [1.54, 1.807) is 18.2 Å². The fourth-order valence-corrected chi connectivity index (χ4v) is 3.25. The molecule has 0 aromatic heterocycles. The van der Waals surface area contributed by atoms with Crippen LogP contribution in [0.3, 0.4) is 0 Å². The number of rotatable bonds is 7. The molecule has 2 N–H and O–H groups in total. The number of nitrogens with one attached hydrogen (secondary N) is 2. The number of hydrogen-bond donors (Lipinski definition) is 2. The van der Waals surface area contributed by atoms with Crippen molar-refractivity contribution in [3.8, 4) is 5.75 Å². The number of benzene rings is 2. The molecule has 0 atom stereocenters. The number of anilines is 1. The highest BCUT2D eigenvalue weighted by Gasteiger charge is 2.28. The molecule has 2 aromatic rings. The normalized spacial score (nSPS) is 11.1. The van der Waals surface area contributed by atoms with E-state index in [2.05, 4.69) is 16.7 Å². The molecule has 2 rings (SSSR count). The molecule has 0 saturated heterocycles. The Morgan fingerprint density at radius 2 is 1.90 bits per heavy atom. The van der Waals surface area contributed by atoms with Gasteiger partial charge in [0.15, 0.2) is 5.11 Å². The third kappa shape index (κ3) is 6.88. The van der Waals surface area contributed by atoms with Gasteiger partial charge in [0, 0.05) is 5.41 Å². The van der Waals surface area contributed by atoms with E-state index in [0.29, 0.717) is 28.8 Å². The Bertz CT molecular complexity index is 900. The van der Waals surface area contributed by atoms with Gasteiger partial charge in [0.25, 0.3) is 0 Å². The van der Waals surface area contributed by atoms with E-state index in [1.165, 1.54) is 0 Å². The van der Waals surface area contributed by atoms with Gasteiger partial charge in [-0.25, -0.2) is 0 Å². The Morgan fingerprint density at radius 3 is 2.62 bits per heavy atom. The Hall–Kier alpha value is -1.82. The summed E-state index contributed by atoms with van der Waals surface area (Å²) in [5.41, 5.74) is 2.20. The number of aryl methyl sites for hydroxylation is 2. The molecule has 0 aliphatic rings. The summed E-state index contributed by atoms with van der Waals surface area (Å²) in [6, 6.07) is 11.3. The maximum absolute atomic E-state index is 12.6. The lowest BCUT2D eigenvalue weighted by Gasteiger charge is -2.24. The quantitative estimate of drug-likeness (QED) is 0.381. The smallest absolute Gasteiger partial charge is 0.231 e. The number of carbonyl (C=O) groups excluding carboxylic acids is 1. The summed E-state index contributed by atoms with van der Waals surface area (Å²) >= 11 is 17.4. The van der Waals surface area contributed by atoms with Gasteiger partial charge in [-0.05, 0) is 68.2 Å². The standard InChI is InChI=1S/C22H26Cl2N2O2S/c1-14-9-10-15(2)18(13-14)28-12-6-11-22(3,4)20(27)26-21(29)25-17-8-5-7-16(23)19(17)24/h5,7-10,13H,6,11-12H2,1-4H3,(H2,25,26,27,29). The second kappa shape index (κ2) is 10.3. The molecule has 4 nitrogen and oxygen atoms in total.